The van der Waals surface area contributed by atoms with Gasteiger partial charge in [-0.15, -0.1) is 0 Å². The Morgan fingerprint density at radius 3 is 2.25 bits per heavy atom. The Kier molecular flexibility index (Phi) is 3.33. The molecule has 0 fully saturated rings. The number of halogens is 1. The molecule has 0 aromatic heterocycles. The number of hydrogen-bond donors (Lipinski definition) is 1. The molecule has 1 aromatic rings. The van der Waals surface area contributed by atoms with Crippen LogP contribution < -0.4 is 0 Å². The van der Waals surface area contributed by atoms with Crippen molar-refractivity contribution >= 4 is 5.97 Å². The molecule has 4 heteroatoms. The summed E-state index contributed by atoms with van der Waals surface area (Å²) in [6, 6.07) is 8.03. The quantitative estimate of drug-likeness (QED) is 0.799. The van der Waals surface area contributed by atoms with Gasteiger partial charge in [0.2, 0.25) is 0 Å². The molecule has 0 amide bonds. The lowest BCUT2D eigenvalue weighted by Gasteiger charge is -2.33. The van der Waals surface area contributed by atoms with Crippen molar-refractivity contribution in [1.29, 1.82) is 0 Å². The molecule has 0 unspecified atom stereocenters. The van der Waals surface area contributed by atoms with Gasteiger partial charge in [0.1, 0.15) is 0 Å². The van der Waals surface area contributed by atoms with E-state index in [2.05, 4.69) is 4.74 Å². The van der Waals surface area contributed by atoms with Gasteiger partial charge in [-0.05, 0) is 19.4 Å². The van der Waals surface area contributed by atoms with E-state index in [0.29, 0.717) is 0 Å². The van der Waals surface area contributed by atoms with Gasteiger partial charge in [-0.25, -0.2) is 9.18 Å². The molecule has 0 heterocycles. The Morgan fingerprint density at radius 1 is 1.31 bits per heavy atom. The molecular weight excluding hydrogens is 211 g/mol. The number of alkyl halides is 1. The molecule has 0 aliphatic heterocycles. The number of ether oxygens (including phenoxy) is 1. The third-order valence-corrected chi connectivity index (χ3v) is 2.81. The van der Waals surface area contributed by atoms with Gasteiger partial charge in [-0.3, -0.25) is 0 Å². The first-order valence-electron chi connectivity index (χ1n) is 4.89. The summed E-state index contributed by atoms with van der Waals surface area (Å²) in [6.07, 6.45) is 0. The first-order chi connectivity index (χ1) is 7.34. The normalized spacial score (nSPS) is 18.3. The lowest BCUT2D eigenvalue weighted by molar-refractivity contribution is -0.178. The minimum absolute atomic E-state index is 0.227. The number of carbonyl (C=O) groups excluding carboxylic acids is 1. The van der Waals surface area contributed by atoms with E-state index in [1.165, 1.54) is 12.1 Å². The van der Waals surface area contributed by atoms with E-state index in [0.717, 1.165) is 21.0 Å². The molecule has 0 saturated carbocycles. The fourth-order valence-corrected chi connectivity index (χ4v) is 1.42. The molecule has 1 rings (SSSR count). The van der Waals surface area contributed by atoms with Crippen molar-refractivity contribution < 1.29 is 19.0 Å². The zero-order valence-corrected chi connectivity index (χ0v) is 9.53. The van der Waals surface area contributed by atoms with Gasteiger partial charge in [-0.2, -0.15) is 0 Å². The van der Waals surface area contributed by atoms with Gasteiger partial charge >= 0.3 is 5.97 Å². The van der Waals surface area contributed by atoms with Crippen LogP contribution >= 0.6 is 0 Å². The van der Waals surface area contributed by atoms with Gasteiger partial charge in [0, 0.05) is 0 Å². The Bertz CT molecular complexity index is 371. The molecule has 0 aliphatic rings. The van der Waals surface area contributed by atoms with Crippen LogP contribution in [0.25, 0.3) is 0 Å². The Balaban J connectivity index is 3.16. The van der Waals surface area contributed by atoms with Gasteiger partial charge in [0.15, 0.2) is 11.3 Å². The summed E-state index contributed by atoms with van der Waals surface area (Å²) in [5.41, 5.74) is -4.20. The van der Waals surface area contributed by atoms with Gasteiger partial charge < -0.3 is 9.84 Å². The highest BCUT2D eigenvalue weighted by atomic mass is 19.1. The molecule has 3 nitrogen and oxygen atoms in total. The molecule has 0 spiro atoms. The van der Waals surface area contributed by atoms with Gasteiger partial charge in [-0.1, -0.05) is 30.3 Å². The molecule has 0 saturated heterocycles. The van der Waals surface area contributed by atoms with Crippen LogP contribution in [-0.4, -0.2) is 23.8 Å². The first kappa shape index (κ1) is 12.6. The number of esters is 1. The van der Waals surface area contributed by atoms with E-state index in [1.54, 1.807) is 18.2 Å². The summed E-state index contributed by atoms with van der Waals surface area (Å²) in [5.74, 6) is -0.999. The fourth-order valence-electron chi connectivity index (χ4n) is 1.42. The highest BCUT2D eigenvalue weighted by Gasteiger charge is 2.52. The summed E-state index contributed by atoms with van der Waals surface area (Å²) in [5, 5.41) is 9.91. The van der Waals surface area contributed by atoms with E-state index >= 15 is 0 Å². The average Bonchev–Trinajstić information content (AvgIpc) is 2.28. The summed E-state index contributed by atoms with van der Waals surface area (Å²) in [4.78, 5) is 11.3. The first-order valence-corrected chi connectivity index (χ1v) is 4.89. The molecule has 88 valence electrons. The summed E-state index contributed by atoms with van der Waals surface area (Å²) in [7, 11) is 1.11. The third kappa shape index (κ3) is 1.93. The minimum Gasteiger partial charge on any atom is -0.467 e. The lowest BCUT2D eigenvalue weighted by atomic mass is 9.82. The van der Waals surface area contributed by atoms with Crippen molar-refractivity contribution in [2.24, 2.45) is 0 Å². The van der Waals surface area contributed by atoms with Crippen molar-refractivity contribution in [2.75, 3.05) is 7.11 Å². The molecular formula is C12H15FO3. The molecule has 2 atom stereocenters. The van der Waals surface area contributed by atoms with Crippen LogP contribution in [0.4, 0.5) is 4.39 Å². The molecule has 1 aromatic carbocycles. The van der Waals surface area contributed by atoms with E-state index in [9.17, 15) is 14.3 Å². The monoisotopic (exact) mass is 226 g/mol. The molecule has 0 aliphatic carbocycles. The van der Waals surface area contributed by atoms with E-state index < -0.39 is 17.2 Å². The highest BCUT2D eigenvalue weighted by molar-refractivity contribution is 5.80. The maximum atomic E-state index is 14.5. The topological polar surface area (TPSA) is 46.5 Å². The fraction of sp³-hybridized carbons (Fsp3) is 0.417. The molecule has 1 N–H and O–H groups in total. The smallest absolute Gasteiger partial charge is 0.341 e. The number of aliphatic hydroxyl groups is 1. The Morgan fingerprint density at radius 2 is 1.81 bits per heavy atom. The standard InChI is InChI=1S/C12H15FO3/c1-11(13,9-7-5-4-6-8-9)12(2,15)10(14)16-3/h4-8,15H,1-3H3/t11-,12-/m1/s1. The summed E-state index contributed by atoms with van der Waals surface area (Å²) < 4.78 is 18.9. The highest BCUT2D eigenvalue weighted by Crippen LogP contribution is 2.37. The predicted octanol–water partition coefficient (Wildman–Crippen LogP) is 1.80. The zero-order valence-electron chi connectivity index (χ0n) is 9.53. The number of hydrogen-bond acceptors (Lipinski definition) is 3. The van der Waals surface area contributed by atoms with Crippen molar-refractivity contribution in [3.8, 4) is 0 Å². The van der Waals surface area contributed by atoms with Crippen LogP contribution in [0.1, 0.15) is 19.4 Å². The van der Waals surface area contributed by atoms with Crippen LogP contribution in [0.5, 0.6) is 0 Å². The number of carbonyl (C=O) groups is 1. The van der Waals surface area contributed by atoms with E-state index in [1.807, 2.05) is 0 Å². The van der Waals surface area contributed by atoms with Crippen LogP contribution in [0.15, 0.2) is 30.3 Å². The second kappa shape index (κ2) is 4.22. The van der Waals surface area contributed by atoms with Crippen LogP contribution in [-0.2, 0) is 15.2 Å². The van der Waals surface area contributed by atoms with Crippen molar-refractivity contribution in [3.63, 3.8) is 0 Å². The molecule has 16 heavy (non-hydrogen) atoms. The van der Waals surface area contributed by atoms with Crippen LogP contribution in [0.3, 0.4) is 0 Å². The van der Waals surface area contributed by atoms with E-state index in [4.69, 9.17) is 0 Å². The molecule has 0 radical (unpaired) electrons. The van der Waals surface area contributed by atoms with E-state index in [-0.39, 0.29) is 5.56 Å². The Labute approximate surface area is 93.9 Å². The van der Waals surface area contributed by atoms with Crippen molar-refractivity contribution in [2.45, 2.75) is 25.1 Å². The zero-order chi connectivity index (χ0) is 12.4. The Hall–Kier alpha value is -1.42. The van der Waals surface area contributed by atoms with Crippen LogP contribution in [0.2, 0.25) is 0 Å². The lowest BCUT2D eigenvalue weighted by Crippen LogP contribution is -2.51. The van der Waals surface area contributed by atoms with Crippen LogP contribution in [0, 0.1) is 0 Å². The predicted molar refractivity (Wildman–Crippen MR) is 57.5 cm³/mol. The summed E-state index contributed by atoms with van der Waals surface area (Å²) in [6.45, 7) is 2.26. The summed E-state index contributed by atoms with van der Waals surface area (Å²) >= 11 is 0. The van der Waals surface area contributed by atoms with Gasteiger partial charge in [0.25, 0.3) is 0 Å². The second-order valence-electron chi connectivity index (χ2n) is 3.93. The maximum absolute atomic E-state index is 14.5. The number of benzene rings is 1. The SMILES string of the molecule is COC(=O)[C@@](C)(O)[C@](C)(F)c1ccccc1. The minimum atomic E-state index is -2.22. The third-order valence-electron chi connectivity index (χ3n) is 2.81. The number of rotatable bonds is 3. The largest absolute Gasteiger partial charge is 0.467 e. The van der Waals surface area contributed by atoms with Crippen molar-refractivity contribution in [3.05, 3.63) is 35.9 Å². The van der Waals surface area contributed by atoms with Gasteiger partial charge in [0.05, 0.1) is 7.11 Å². The second-order valence-corrected chi connectivity index (χ2v) is 3.93. The molecule has 0 bridgehead atoms. The average molecular weight is 226 g/mol. The maximum Gasteiger partial charge on any atom is 0.341 e. The number of methoxy groups -OCH3 is 1. The van der Waals surface area contributed by atoms with Crippen molar-refractivity contribution in [1.82, 2.24) is 0 Å².